The molecule has 140 valence electrons. The Labute approximate surface area is 161 Å². The van der Waals surface area contributed by atoms with E-state index in [4.69, 9.17) is 9.47 Å². The summed E-state index contributed by atoms with van der Waals surface area (Å²) in [5.74, 6) is 0.316. The first-order chi connectivity index (χ1) is 13.0. The molecule has 0 saturated heterocycles. The van der Waals surface area contributed by atoms with Crippen LogP contribution in [0.25, 0.3) is 6.08 Å². The summed E-state index contributed by atoms with van der Waals surface area (Å²) in [6.07, 6.45) is 5.06. The highest BCUT2D eigenvalue weighted by atomic mass is 32.2. The van der Waals surface area contributed by atoms with Crippen molar-refractivity contribution in [2.45, 2.75) is 11.8 Å². The van der Waals surface area contributed by atoms with E-state index in [9.17, 15) is 14.9 Å². The van der Waals surface area contributed by atoms with Gasteiger partial charge in [0.15, 0.2) is 0 Å². The third-order valence-corrected chi connectivity index (χ3v) is 4.38. The fraction of sp³-hybridized carbons (Fsp3) is 0.150. The van der Waals surface area contributed by atoms with Gasteiger partial charge >= 0.3 is 5.97 Å². The first kappa shape index (κ1) is 20.3. The lowest BCUT2D eigenvalue weighted by Gasteiger charge is -2.04. The molecule has 0 radical (unpaired) electrons. The molecule has 6 nitrogen and oxygen atoms in total. The van der Waals surface area contributed by atoms with Gasteiger partial charge in [-0.1, -0.05) is 30.0 Å². The molecule has 27 heavy (non-hydrogen) atoms. The van der Waals surface area contributed by atoms with E-state index >= 15 is 0 Å². The highest BCUT2D eigenvalue weighted by Crippen LogP contribution is 2.29. The molecule has 0 spiro atoms. The van der Waals surface area contributed by atoms with Crippen molar-refractivity contribution in [3.8, 4) is 5.75 Å². The van der Waals surface area contributed by atoms with E-state index in [0.29, 0.717) is 4.91 Å². The van der Waals surface area contributed by atoms with Crippen molar-refractivity contribution in [1.82, 2.24) is 0 Å². The Kier molecular flexibility index (Phi) is 7.63. The molecule has 0 aliphatic heterocycles. The molecule has 0 N–H and O–H groups in total. The van der Waals surface area contributed by atoms with E-state index < -0.39 is 10.9 Å². The van der Waals surface area contributed by atoms with E-state index in [-0.39, 0.29) is 12.3 Å². The van der Waals surface area contributed by atoms with Gasteiger partial charge in [-0.15, -0.1) is 0 Å². The van der Waals surface area contributed by atoms with Gasteiger partial charge in [0.25, 0.3) is 5.69 Å². The van der Waals surface area contributed by atoms with Gasteiger partial charge in [-0.3, -0.25) is 10.1 Å². The number of allylic oxidation sites excluding steroid dienone is 1. The zero-order chi connectivity index (χ0) is 19.6. The molecular formula is C20H19NO5S. The molecule has 2 aromatic rings. The number of hydrogen-bond donors (Lipinski definition) is 0. The van der Waals surface area contributed by atoms with Crippen LogP contribution in [0, 0.1) is 10.1 Å². The predicted molar refractivity (Wildman–Crippen MR) is 106 cm³/mol. The maximum absolute atomic E-state index is 11.8. The molecule has 0 unspecified atom stereocenters. The molecule has 0 heterocycles. The molecule has 2 aromatic carbocycles. The monoisotopic (exact) mass is 385 g/mol. The summed E-state index contributed by atoms with van der Waals surface area (Å²) in [4.78, 5) is 23.6. The van der Waals surface area contributed by atoms with E-state index in [1.54, 1.807) is 32.2 Å². The number of carbonyl (C=O) groups excluding carboxylic acids is 1. The second-order valence-electron chi connectivity index (χ2n) is 5.26. The topological polar surface area (TPSA) is 78.7 Å². The van der Waals surface area contributed by atoms with Crippen LogP contribution in [0.15, 0.2) is 70.5 Å². The highest BCUT2D eigenvalue weighted by molar-refractivity contribution is 8.03. The number of non-ortho nitro benzene ring substituents is 1. The number of rotatable bonds is 8. The minimum absolute atomic E-state index is 0.0176. The predicted octanol–water partition coefficient (Wildman–Crippen LogP) is 4.86. The lowest BCUT2D eigenvalue weighted by atomic mass is 10.2. The molecule has 0 saturated carbocycles. The van der Waals surface area contributed by atoms with Crippen LogP contribution in [-0.2, 0) is 9.53 Å². The normalized spacial score (nSPS) is 11.4. The van der Waals surface area contributed by atoms with Crippen LogP contribution in [-0.4, -0.2) is 24.6 Å². The minimum atomic E-state index is -0.451. The standard InChI is InChI=1S/C20H19NO5S/c1-3-26-20(22)14-19(11-6-15-4-9-17(25-2)10-5-15)27-18-12-7-16(8-13-18)21(23)24/h4-14H,3H2,1-2H3/b11-6+,19-14+. The minimum Gasteiger partial charge on any atom is -0.497 e. The van der Waals surface area contributed by atoms with Crippen molar-refractivity contribution in [2.24, 2.45) is 0 Å². The van der Waals surface area contributed by atoms with Crippen LogP contribution in [0.3, 0.4) is 0 Å². The summed E-state index contributed by atoms with van der Waals surface area (Å²) in [5.41, 5.74) is 0.957. The second kappa shape index (κ2) is 10.2. The maximum Gasteiger partial charge on any atom is 0.331 e. The zero-order valence-corrected chi connectivity index (χ0v) is 15.8. The fourth-order valence-corrected chi connectivity index (χ4v) is 2.91. The molecule has 0 fully saturated rings. The van der Waals surface area contributed by atoms with E-state index in [1.165, 1.54) is 30.0 Å². The van der Waals surface area contributed by atoms with Crippen molar-refractivity contribution < 1.29 is 19.2 Å². The third kappa shape index (κ3) is 6.63. The summed E-state index contributed by atoms with van der Waals surface area (Å²) in [6, 6.07) is 13.6. The zero-order valence-electron chi connectivity index (χ0n) is 15.0. The van der Waals surface area contributed by atoms with Gasteiger partial charge in [0.2, 0.25) is 0 Å². The van der Waals surface area contributed by atoms with Gasteiger partial charge in [-0.25, -0.2) is 4.79 Å². The number of esters is 1. The van der Waals surface area contributed by atoms with Crippen molar-refractivity contribution >= 4 is 29.5 Å². The molecule has 0 bridgehead atoms. The molecule has 0 aliphatic carbocycles. The Hall–Kier alpha value is -3.06. The van der Waals surface area contributed by atoms with Crippen LogP contribution in [0.1, 0.15) is 12.5 Å². The van der Waals surface area contributed by atoms with E-state index in [2.05, 4.69) is 0 Å². The van der Waals surface area contributed by atoms with Crippen LogP contribution in [0.2, 0.25) is 0 Å². The number of thioether (sulfide) groups is 1. The Morgan fingerprint density at radius 3 is 2.37 bits per heavy atom. The summed E-state index contributed by atoms with van der Waals surface area (Å²) >= 11 is 1.32. The second-order valence-corrected chi connectivity index (χ2v) is 6.41. The molecule has 2 rings (SSSR count). The molecular weight excluding hydrogens is 366 g/mol. The summed E-state index contributed by atoms with van der Waals surface area (Å²) in [7, 11) is 1.60. The number of ether oxygens (including phenoxy) is 2. The molecule has 0 aromatic heterocycles. The molecule has 0 amide bonds. The number of benzene rings is 2. The largest absolute Gasteiger partial charge is 0.497 e. The van der Waals surface area contributed by atoms with Crippen molar-refractivity contribution in [1.29, 1.82) is 0 Å². The van der Waals surface area contributed by atoms with Gasteiger partial charge in [0, 0.05) is 28.0 Å². The fourth-order valence-electron chi connectivity index (χ4n) is 2.08. The average Bonchev–Trinajstić information content (AvgIpc) is 2.67. The Morgan fingerprint density at radius 1 is 1.15 bits per heavy atom. The van der Waals surface area contributed by atoms with Gasteiger partial charge in [-0.2, -0.15) is 0 Å². The quantitative estimate of drug-likeness (QED) is 0.161. The summed E-state index contributed by atoms with van der Waals surface area (Å²) < 4.78 is 10.1. The van der Waals surface area contributed by atoms with E-state index in [0.717, 1.165) is 16.2 Å². The third-order valence-electron chi connectivity index (χ3n) is 3.39. The number of methoxy groups -OCH3 is 1. The van der Waals surface area contributed by atoms with Crippen LogP contribution >= 0.6 is 11.8 Å². The van der Waals surface area contributed by atoms with Crippen molar-refractivity contribution in [2.75, 3.05) is 13.7 Å². The molecule has 0 atom stereocenters. The van der Waals surface area contributed by atoms with Crippen molar-refractivity contribution in [3.05, 3.63) is 81.3 Å². The number of nitro benzene ring substituents is 1. The number of carbonyl (C=O) groups is 1. The van der Waals surface area contributed by atoms with Crippen LogP contribution in [0.4, 0.5) is 5.69 Å². The molecule has 0 aliphatic rings. The summed E-state index contributed by atoms with van der Waals surface area (Å²) in [6.45, 7) is 2.02. The van der Waals surface area contributed by atoms with E-state index in [1.807, 2.05) is 30.3 Å². The van der Waals surface area contributed by atoms with Crippen LogP contribution in [0.5, 0.6) is 5.75 Å². The highest BCUT2D eigenvalue weighted by Gasteiger charge is 2.07. The lowest BCUT2D eigenvalue weighted by molar-refractivity contribution is -0.384. The Morgan fingerprint density at radius 2 is 1.81 bits per heavy atom. The lowest BCUT2D eigenvalue weighted by Crippen LogP contribution is -1.99. The maximum atomic E-state index is 11.8. The van der Waals surface area contributed by atoms with Gasteiger partial charge < -0.3 is 9.47 Å². The Bertz CT molecular complexity index is 842. The number of hydrogen-bond acceptors (Lipinski definition) is 6. The first-order valence-corrected chi connectivity index (χ1v) is 8.96. The van der Waals surface area contributed by atoms with Crippen LogP contribution < -0.4 is 4.74 Å². The SMILES string of the molecule is CCOC(=O)/C=C(\C=C\c1ccc(OC)cc1)Sc1ccc([N+](=O)[O-])cc1. The summed E-state index contributed by atoms with van der Waals surface area (Å²) in [5, 5.41) is 10.8. The molecule has 7 heteroatoms. The average molecular weight is 385 g/mol. The van der Waals surface area contributed by atoms with Crippen molar-refractivity contribution in [3.63, 3.8) is 0 Å². The number of nitrogens with zero attached hydrogens (tertiary/aromatic N) is 1. The van der Waals surface area contributed by atoms with Gasteiger partial charge in [0.05, 0.1) is 18.6 Å². The number of nitro groups is 1. The van der Waals surface area contributed by atoms with Gasteiger partial charge in [-0.05, 0) is 42.8 Å². The Balaban J connectivity index is 2.20. The first-order valence-electron chi connectivity index (χ1n) is 8.14. The smallest absolute Gasteiger partial charge is 0.331 e. The van der Waals surface area contributed by atoms with Gasteiger partial charge in [0.1, 0.15) is 5.75 Å².